The fourth-order valence-corrected chi connectivity index (χ4v) is 2.21. The number of aliphatic imine (C=N–C) groups is 1. The fourth-order valence-electron chi connectivity index (χ4n) is 2.21. The van der Waals surface area contributed by atoms with Crippen molar-refractivity contribution in [3.8, 4) is 0 Å². The zero-order chi connectivity index (χ0) is 22.6. The minimum Gasteiger partial charge on any atom is -0.480 e. The second kappa shape index (κ2) is 13.3. The summed E-state index contributed by atoms with van der Waals surface area (Å²) in [5, 5.41) is 16.3. The maximum Gasteiger partial charge on any atom is 0.326 e. The van der Waals surface area contributed by atoms with E-state index in [0.717, 1.165) is 0 Å². The van der Waals surface area contributed by atoms with Gasteiger partial charge < -0.3 is 38.3 Å². The average Bonchev–Trinajstić information content (AvgIpc) is 2.66. The predicted molar refractivity (Wildman–Crippen MR) is 108 cm³/mol. The molecule has 0 aliphatic heterocycles. The first kappa shape index (κ1) is 26.1. The molecule has 0 radical (unpaired) electrons. The molecule has 0 aliphatic carbocycles. The highest BCUT2D eigenvalue weighted by atomic mass is 16.4. The van der Waals surface area contributed by atoms with Crippen LogP contribution in [0.1, 0.15) is 40.0 Å². The maximum atomic E-state index is 12.0. The maximum absolute atomic E-state index is 12.0. The van der Waals surface area contributed by atoms with Crippen molar-refractivity contribution in [2.45, 2.75) is 58.2 Å². The molecule has 0 aromatic carbocycles. The number of nitrogens with one attached hydrogen (secondary N) is 3. The molecule has 0 saturated carbocycles. The van der Waals surface area contributed by atoms with E-state index in [1.54, 1.807) is 0 Å². The van der Waals surface area contributed by atoms with Crippen LogP contribution in [0.25, 0.3) is 0 Å². The van der Waals surface area contributed by atoms with Crippen molar-refractivity contribution >= 4 is 29.7 Å². The number of hydrogen-bond acceptors (Lipinski definition) is 6. The number of carboxylic acids is 1. The third-order valence-electron chi connectivity index (χ3n) is 4.31. The van der Waals surface area contributed by atoms with Gasteiger partial charge >= 0.3 is 5.97 Å². The fraction of sp³-hybridized carbons (Fsp3) is 0.706. The van der Waals surface area contributed by atoms with Crippen LogP contribution in [0.15, 0.2) is 4.99 Å². The van der Waals surface area contributed by atoms with E-state index in [0.29, 0.717) is 12.8 Å². The lowest BCUT2D eigenvalue weighted by Crippen LogP contribution is -2.53. The molecule has 29 heavy (non-hydrogen) atoms. The summed E-state index contributed by atoms with van der Waals surface area (Å²) in [6.45, 7) is 4.98. The van der Waals surface area contributed by atoms with E-state index in [1.807, 2.05) is 13.8 Å². The van der Waals surface area contributed by atoms with Crippen LogP contribution >= 0.6 is 0 Å². The van der Waals surface area contributed by atoms with Crippen molar-refractivity contribution in [2.75, 3.05) is 13.1 Å². The van der Waals surface area contributed by atoms with E-state index in [1.165, 1.54) is 6.92 Å². The molecule has 12 heteroatoms. The number of carboxylic acid groups (broad SMARTS) is 1. The molecule has 166 valence electrons. The highest BCUT2D eigenvalue weighted by molar-refractivity contribution is 5.92. The number of guanidine groups is 1. The number of aliphatic carboxylic acids is 1. The van der Waals surface area contributed by atoms with Crippen LogP contribution in [0.2, 0.25) is 0 Å². The van der Waals surface area contributed by atoms with Gasteiger partial charge in [0, 0.05) is 6.54 Å². The summed E-state index contributed by atoms with van der Waals surface area (Å²) < 4.78 is 0. The van der Waals surface area contributed by atoms with Gasteiger partial charge in [-0.05, 0) is 25.7 Å². The molecule has 0 fully saturated rings. The standard InChI is InChI=1S/C17H33N7O5/c1-4-9(2)13(18)15(27)23-10(3)14(26)22-8-12(25)24-11(16(28)29)6-5-7-21-17(19)20/h9-11,13H,4-8,18H2,1-3H3,(H,22,26)(H,23,27)(H,24,25)(H,28,29)(H4,19,20,21). The first-order valence-electron chi connectivity index (χ1n) is 9.40. The van der Waals surface area contributed by atoms with E-state index in [2.05, 4.69) is 20.9 Å². The normalized spacial score (nSPS) is 14.6. The molecule has 10 N–H and O–H groups in total. The SMILES string of the molecule is CCC(C)C(N)C(=O)NC(C)C(=O)NCC(=O)NC(CCCN=C(N)N)C(=O)O. The molecular formula is C17H33N7O5. The Morgan fingerprint density at radius 2 is 1.69 bits per heavy atom. The van der Waals surface area contributed by atoms with Gasteiger partial charge in [-0.25, -0.2) is 4.79 Å². The lowest BCUT2D eigenvalue weighted by molar-refractivity contribution is -0.142. The second-order valence-corrected chi connectivity index (χ2v) is 6.77. The predicted octanol–water partition coefficient (Wildman–Crippen LogP) is -2.40. The summed E-state index contributed by atoms with van der Waals surface area (Å²) in [4.78, 5) is 50.9. The van der Waals surface area contributed by atoms with E-state index >= 15 is 0 Å². The summed E-state index contributed by atoms with van der Waals surface area (Å²) in [5.41, 5.74) is 16.2. The molecule has 4 atom stereocenters. The second-order valence-electron chi connectivity index (χ2n) is 6.77. The van der Waals surface area contributed by atoms with Crippen LogP contribution in [0.5, 0.6) is 0 Å². The van der Waals surface area contributed by atoms with Gasteiger partial charge in [0.2, 0.25) is 17.7 Å². The van der Waals surface area contributed by atoms with Crippen LogP contribution in [-0.2, 0) is 19.2 Å². The number of carbonyl (C=O) groups excluding carboxylic acids is 3. The Labute approximate surface area is 170 Å². The number of amides is 3. The Bertz CT molecular complexity index is 607. The van der Waals surface area contributed by atoms with Crippen LogP contribution in [0, 0.1) is 5.92 Å². The lowest BCUT2D eigenvalue weighted by Gasteiger charge is -2.21. The topological polar surface area (TPSA) is 215 Å². The van der Waals surface area contributed by atoms with E-state index in [4.69, 9.17) is 22.3 Å². The Kier molecular flexibility index (Phi) is 12.0. The van der Waals surface area contributed by atoms with E-state index in [-0.39, 0.29) is 24.8 Å². The monoisotopic (exact) mass is 415 g/mol. The van der Waals surface area contributed by atoms with Gasteiger partial charge in [-0.3, -0.25) is 19.4 Å². The van der Waals surface area contributed by atoms with E-state index in [9.17, 15) is 19.2 Å². The molecule has 0 aromatic heterocycles. The van der Waals surface area contributed by atoms with E-state index < -0.39 is 48.4 Å². The lowest BCUT2D eigenvalue weighted by atomic mass is 9.99. The number of nitrogens with two attached hydrogens (primary N) is 3. The Hall–Kier alpha value is -2.89. The minimum absolute atomic E-state index is 0.0454. The number of hydrogen-bond donors (Lipinski definition) is 7. The molecule has 0 aromatic rings. The van der Waals surface area contributed by atoms with Gasteiger partial charge in [-0.1, -0.05) is 20.3 Å². The van der Waals surface area contributed by atoms with Crippen molar-refractivity contribution in [3.63, 3.8) is 0 Å². The van der Waals surface area contributed by atoms with Gasteiger partial charge in [0.1, 0.15) is 12.1 Å². The average molecular weight is 415 g/mol. The third-order valence-corrected chi connectivity index (χ3v) is 4.31. The number of carbonyl (C=O) groups is 4. The first-order chi connectivity index (χ1) is 13.5. The van der Waals surface area contributed by atoms with Crippen molar-refractivity contribution in [1.29, 1.82) is 0 Å². The third kappa shape index (κ3) is 10.9. The molecule has 0 rings (SSSR count). The summed E-state index contributed by atoms with van der Waals surface area (Å²) in [7, 11) is 0. The largest absolute Gasteiger partial charge is 0.480 e. The van der Waals surface area contributed by atoms with Crippen LogP contribution < -0.4 is 33.2 Å². The van der Waals surface area contributed by atoms with Gasteiger partial charge in [-0.2, -0.15) is 0 Å². The highest BCUT2D eigenvalue weighted by Gasteiger charge is 2.24. The summed E-state index contributed by atoms with van der Waals surface area (Å²) in [6, 6.07) is -2.78. The Morgan fingerprint density at radius 3 is 2.21 bits per heavy atom. The van der Waals surface area contributed by atoms with Gasteiger partial charge in [-0.15, -0.1) is 0 Å². The minimum atomic E-state index is -1.21. The van der Waals surface area contributed by atoms with Gasteiger partial charge in [0.15, 0.2) is 5.96 Å². The molecule has 3 amide bonds. The van der Waals surface area contributed by atoms with Crippen molar-refractivity contribution in [1.82, 2.24) is 16.0 Å². The van der Waals surface area contributed by atoms with Gasteiger partial charge in [0.05, 0.1) is 12.6 Å². The molecule has 0 saturated heterocycles. The Balaban J connectivity index is 4.44. The van der Waals surface area contributed by atoms with Crippen molar-refractivity contribution in [2.24, 2.45) is 28.1 Å². The van der Waals surface area contributed by atoms with Crippen molar-refractivity contribution in [3.05, 3.63) is 0 Å². The molecule has 0 heterocycles. The zero-order valence-electron chi connectivity index (χ0n) is 17.1. The first-order valence-corrected chi connectivity index (χ1v) is 9.40. The van der Waals surface area contributed by atoms with Crippen LogP contribution in [0.3, 0.4) is 0 Å². The summed E-state index contributed by atoms with van der Waals surface area (Å²) in [6.07, 6.45) is 1.18. The zero-order valence-corrected chi connectivity index (χ0v) is 17.1. The Morgan fingerprint density at radius 1 is 1.07 bits per heavy atom. The molecule has 12 nitrogen and oxygen atoms in total. The molecule has 0 bridgehead atoms. The number of nitrogens with zero attached hydrogens (tertiary/aromatic N) is 1. The van der Waals surface area contributed by atoms with Crippen LogP contribution in [0.4, 0.5) is 0 Å². The van der Waals surface area contributed by atoms with Crippen LogP contribution in [-0.4, -0.2) is 66.0 Å². The quantitative estimate of drug-likeness (QED) is 0.0975. The smallest absolute Gasteiger partial charge is 0.326 e. The molecule has 0 aliphatic rings. The highest BCUT2D eigenvalue weighted by Crippen LogP contribution is 2.05. The number of rotatable bonds is 13. The van der Waals surface area contributed by atoms with Crippen molar-refractivity contribution < 1.29 is 24.3 Å². The molecule has 0 spiro atoms. The summed E-state index contributed by atoms with van der Waals surface area (Å²) in [5.74, 6) is -3.09. The van der Waals surface area contributed by atoms with Gasteiger partial charge in [0.25, 0.3) is 0 Å². The molecular weight excluding hydrogens is 382 g/mol. The summed E-state index contributed by atoms with van der Waals surface area (Å²) >= 11 is 0. The molecule has 4 unspecified atom stereocenters.